The quantitative estimate of drug-likeness (QED) is 0.791. The zero-order valence-corrected chi connectivity index (χ0v) is 9.59. The molecule has 1 saturated heterocycles. The Morgan fingerprint density at radius 3 is 2.88 bits per heavy atom. The highest BCUT2D eigenvalue weighted by atomic mass is 35.5. The van der Waals surface area contributed by atoms with Gasteiger partial charge in [-0.25, -0.2) is 4.98 Å². The van der Waals surface area contributed by atoms with Crippen LogP contribution in [-0.4, -0.2) is 36.1 Å². The molecule has 1 aliphatic rings. The number of aromatic nitrogens is 2. The van der Waals surface area contributed by atoms with Crippen molar-refractivity contribution in [2.45, 2.75) is 0 Å². The minimum atomic E-state index is 0.790. The number of piperazine rings is 1. The van der Waals surface area contributed by atoms with Crippen LogP contribution in [-0.2, 0) is 0 Å². The standard InChI is InChI=1S/C11H13ClN4/c12-8-5-9-10(15-7-14-9)6-11(8)16-3-1-13-2-4-16/h5-7,13H,1-4H2,(H,14,15). The summed E-state index contributed by atoms with van der Waals surface area (Å²) in [6.07, 6.45) is 1.70. The molecule has 1 fully saturated rings. The highest BCUT2D eigenvalue weighted by Gasteiger charge is 2.14. The largest absolute Gasteiger partial charge is 0.368 e. The van der Waals surface area contributed by atoms with Gasteiger partial charge in [0, 0.05) is 26.2 Å². The lowest BCUT2D eigenvalue weighted by Crippen LogP contribution is -2.43. The lowest BCUT2D eigenvalue weighted by atomic mass is 10.2. The van der Waals surface area contributed by atoms with Gasteiger partial charge in [-0.2, -0.15) is 0 Å². The Balaban J connectivity index is 2.03. The van der Waals surface area contributed by atoms with Gasteiger partial charge >= 0.3 is 0 Å². The Bertz CT molecular complexity index is 502. The minimum absolute atomic E-state index is 0.790. The number of halogens is 1. The molecule has 0 saturated carbocycles. The zero-order valence-electron chi connectivity index (χ0n) is 8.83. The van der Waals surface area contributed by atoms with E-state index >= 15 is 0 Å². The molecule has 0 unspecified atom stereocenters. The molecule has 2 N–H and O–H groups in total. The van der Waals surface area contributed by atoms with Crippen LogP contribution in [0.15, 0.2) is 18.5 Å². The molecule has 0 aliphatic carbocycles. The van der Waals surface area contributed by atoms with Crippen molar-refractivity contribution in [2.24, 2.45) is 0 Å². The summed E-state index contributed by atoms with van der Waals surface area (Å²) in [6, 6.07) is 4.00. The fraction of sp³-hybridized carbons (Fsp3) is 0.364. The van der Waals surface area contributed by atoms with Crippen molar-refractivity contribution < 1.29 is 0 Å². The molecule has 1 aliphatic heterocycles. The van der Waals surface area contributed by atoms with Crippen molar-refractivity contribution in [3.05, 3.63) is 23.5 Å². The molecule has 0 atom stereocenters. The van der Waals surface area contributed by atoms with Gasteiger partial charge in [0.2, 0.25) is 0 Å². The van der Waals surface area contributed by atoms with Crippen molar-refractivity contribution >= 4 is 28.3 Å². The molecule has 1 aromatic heterocycles. The third kappa shape index (κ3) is 1.64. The highest BCUT2D eigenvalue weighted by Crippen LogP contribution is 2.29. The first-order chi connectivity index (χ1) is 7.84. The Morgan fingerprint density at radius 2 is 2.06 bits per heavy atom. The molecule has 2 aromatic rings. The van der Waals surface area contributed by atoms with E-state index in [0.717, 1.165) is 47.9 Å². The first-order valence-corrected chi connectivity index (χ1v) is 5.81. The number of fused-ring (bicyclic) bond motifs is 1. The lowest BCUT2D eigenvalue weighted by molar-refractivity contribution is 0.589. The van der Waals surface area contributed by atoms with Crippen molar-refractivity contribution in [3.8, 4) is 0 Å². The van der Waals surface area contributed by atoms with E-state index in [2.05, 4.69) is 26.3 Å². The van der Waals surface area contributed by atoms with Crippen LogP contribution < -0.4 is 10.2 Å². The molecule has 2 heterocycles. The Morgan fingerprint density at radius 1 is 1.25 bits per heavy atom. The van der Waals surface area contributed by atoms with E-state index in [4.69, 9.17) is 11.6 Å². The van der Waals surface area contributed by atoms with Gasteiger partial charge in [-0.15, -0.1) is 0 Å². The first-order valence-electron chi connectivity index (χ1n) is 5.43. The number of H-pyrrole nitrogens is 1. The van der Waals surface area contributed by atoms with Gasteiger partial charge in [-0.3, -0.25) is 0 Å². The average molecular weight is 237 g/mol. The van der Waals surface area contributed by atoms with Crippen LogP contribution in [0.3, 0.4) is 0 Å². The van der Waals surface area contributed by atoms with Gasteiger partial charge in [0.05, 0.1) is 28.1 Å². The monoisotopic (exact) mass is 236 g/mol. The van der Waals surface area contributed by atoms with Crippen LogP contribution in [0.5, 0.6) is 0 Å². The molecule has 3 rings (SSSR count). The van der Waals surface area contributed by atoms with Crippen molar-refractivity contribution in [1.29, 1.82) is 0 Å². The summed E-state index contributed by atoms with van der Waals surface area (Å²) in [5.41, 5.74) is 3.05. The number of nitrogens with zero attached hydrogens (tertiary/aromatic N) is 2. The van der Waals surface area contributed by atoms with E-state index in [1.165, 1.54) is 0 Å². The first kappa shape index (κ1) is 9.93. The number of hydrogen-bond donors (Lipinski definition) is 2. The zero-order chi connectivity index (χ0) is 11.0. The number of imidazole rings is 1. The number of aromatic amines is 1. The van der Waals surface area contributed by atoms with Crippen molar-refractivity contribution in [2.75, 3.05) is 31.1 Å². The molecule has 4 nitrogen and oxygen atoms in total. The van der Waals surface area contributed by atoms with Gasteiger partial charge in [0.15, 0.2) is 0 Å². The van der Waals surface area contributed by atoms with Gasteiger partial charge in [-0.1, -0.05) is 11.6 Å². The maximum Gasteiger partial charge on any atom is 0.0931 e. The predicted molar refractivity (Wildman–Crippen MR) is 66.2 cm³/mol. The van der Waals surface area contributed by atoms with Crippen molar-refractivity contribution in [3.63, 3.8) is 0 Å². The minimum Gasteiger partial charge on any atom is -0.368 e. The van der Waals surface area contributed by atoms with Crippen LogP contribution >= 0.6 is 11.6 Å². The second kappa shape index (κ2) is 3.96. The summed E-state index contributed by atoms with van der Waals surface area (Å²) in [5, 5.41) is 4.12. The molecule has 0 radical (unpaired) electrons. The van der Waals surface area contributed by atoms with Crippen LogP contribution in [0, 0.1) is 0 Å². The molecule has 0 amide bonds. The van der Waals surface area contributed by atoms with Gasteiger partial charge in [0.1, 0.15) is 0 Å². The number of hydrogen-bond acceptors (Lipinski definition) is 3. The van der Waals surface area contributed by atoms with E-state index < -0.39 is 0 Å². The molecule has 0 spiro atoms. The predicted octanol–water partition coefficient (Wildman–Crippen LogP) is 1.63. The molecule has 0 bridgehead atoms. The van der Waals surface area contributed by atoms with Crippen LogP contribution in [0.4, 0.5) is 5.69 Å². The fourth-order valence-electron chi connectivity index (χ4n) is 2.09. The number of benzene rings is 1. The van der Waals surface area contributed by atoms with E-state index in [0.29, 0.717) is 0 Å². The Hall–Kier alpha value is -1.26. The molecular weight excluding hydrogens is 224 g/mol. The topological polar surface area (TPSA) is 44.0 Å². The molecule has 84 valence electrons. The SMILES string of the molecule is Clc1cc2[nH]cnc2cc1N1CCNCC1. The third-order valence-electron chi connectivity index (χ3n) is 2.95. The molecular formula is C11H13ClN4. The highest BCUT2D eigenvalue weighted by molar-refractivity contribution is 6.34. The van der Waals surface area contributed by atoms with Gasteiger partial charge in [-0.05, 0) is 12.1 Å². The third-order valence-corrected chi connectivity index (χ3v) is 3.25. The normalized spacial score (nSPS) is 16.9. The second-order valence-electron chi connectivity index (χ2n) is 3.96. The Labute approximate surface area is 98.6 Å². The second-order valence-corrected chi connectivity index (χ2v) is 4.37. The summed E-state index contributed by atoms with van der Waals surface area (Å²) < 4.78 is 0. The average Bonchev–Trinajstić information content (AvgIpc) is 2.76. The van der Waals surface area contributed by atoms with Crippen LogP contribution in [0.2, 0.25) is 5.02 Å². The van der Waals surface area contributed by atoms with Gasteiger partial charge in [0.25, 0.3) is 0 Å². The number of rotatable bonds is 1. The van der Waals surface area contributed by atoms with Crippen LogP contribution in [0.1, 0.15) is 0 Å². The fourth-order valence-corrected chi connectivity index (χ4v) is 2.38. The summed E-state index contributed by atoms with van der Waals surface area (Å²) in [7, 11) is 0. The number of anilines is 1. The maximum absolute atomic E-state index is 6.28. The maximum atomic E-state index is 6.28. The van der Waals surface area contributed by atoms with E-state index in [-0.39, 0.29) is 0 Å². The van der Waals surface area contributed by atoms with E-state index in [9.17, 15) is 0 Å². The lowest BCUT2D eigenvalue weighted by Gasteiger charge is -2.30. The molecule has 16 heavy (non-hydrogen) atoms. The van der Waals surface area contributed by atoms with Crippen LogP contribution in [0.25, 0.3) is 11.0 Å². The van der Waals surface area contributed by atoms with E-state index in [1.807, 2.05) is 6.07 Å². The Kier molecular flexibility index (Phi) is 2.46. The summed E-state index contributed by atoms with van der Waals surface area (Å²) in [4.78, 5) is 9.62. The molecule has 1 aromatic carbocycles. The molecule has 5 heteroatoms. The summed E-state index contributed by atoms with van der Waals surface area (Å²) in [6.45, 7) is 4.01. The smallest absolute Gasteiger partial charge is 0.0931 e. The van der Waals surface area contributed by atoms with E-state index in [1.54, 1.807) is 6.33 Å². The summed E-state index contributed by atoms with van der Waals surface area (Å²) in [5.74, 6) is 0. The van der Waals surface area contributed by atoms with Crippen molar-refractivity contribution in [1.82, 2.24) is 15.3 Å². The van der Waals surface area contributed by atoms with Gasteiger partial charge < -0.3 is 15.2 Å². The summed E-state index contributed by atoms with van der Waals surface area (Å²) >= 11 is 6.28. The number of nitrogens with one attached hydrogen (secondary N) is 2.